The van der Waals surface area contributed by atoms with Crippen molar-refractivity contribution in [3.8, 4) is 0 Å². The van der Waals surface area contributed by atoms with Crippen molar-refractivity contribution in [1.29, 1.82) is 0 Å². The van der Waals surface area contributed by atoms with Gasteiger partial charge in [0.25, 0.3) is 0 Å². The zero-order chi connectivity index (χ0) is 13.2. The van der Waals surface area contributed by atoms with E-state index in [0.29, 0.717) is 13.1 Å². The maximum absolute atomic E-state index is 12.0. The summed E-state index contributed by atoms with van der Waals surface area (Å²) >= 11 is 0. The van der Waals surface area contributed by atoms with Crippen molar-refractivity contribution in [2.75, 3.05) is 19.6 Å². The molecule has 0 radical (unpaired) electrons. The Labute approximate surface area is 109 Å². The molecule has 0 atom stereocenters. The minimum atomic E-state index is 0.183. The molecule has 0 spiro atoms. The van der Waals surface area contributed by atoms with E-state index in [1.165, 1.54) is 0 Å². The average Bonchev–Trinajstić information content (AvgIpc) is 2.39. The smallest absolute Gasteiger partial charge is 0.236 e. The van der Waals surface area contributed by atoms with E-state index >= 15 is 0 Å². The quantitative estimate of drug-likeness (QED) is 0.764. The normalized spacial score (nSPS) is 10.3. The largest absolute Gasteiger partial charge is 0.342 e. The third kappa shape index (κ3) is 5.27. The first-order chi connectivity index (χ1) is 8.77. The molecule has 1 aromatic heterocycles. The van der Waals surface area contributed by atoms with Gasteiger partial charge in [-0.1, -0.05) is 19.9 Å². The second-order valence-electron chi connectivity index (χ2n) is 4.35. The van der Waals surface area contributed by atoms with Gasteiger partial charge in [0.2, 0.25) is 5.91 Å². The first kappa shape index (κ1) is 14.6. The summed E-state index contributed by atoms with van der Waals surface area (Å²) in [5, 5.41) is 3.17. The van der Waals surface area contributed by atoms with E-state index < -0.39 is 0 Å². The minimum Gasteiger partial charge on any atom is -0.342 e. The Hall–Kier alpha value is -1.42. The molecular weight excluding hydrogens is 226 g/mol. The van der Waals surface area contributed by atoms with Crippen molar-refractivity contribution < 1.29 is 4.79 Å². The highest BCUT2D eigenvalue weighted by Crippen LogP contribution is 1.97. The molecule has 0 saturated carbocycles. The van der Waals surface area contributed by atoms with Gasteiger partial charge in [0.15, 0.2) is 0 Å². The summed E-state index contributed by atoms with van der Waals surface area (Å²) in [6.07, 6.45) is 5.58. The molecule has 1 amide bonds. The monoisotopic (exact) mass is 249 g/mol. The number of aromatic nitrogens is 1. The molecule has 1 N–H and O–H groups in total. The summed E-state index contributed by atoms with van der Waals surface area (Å²) in [4.78, 5) is 17.9. The first-order valence-electron chi connectivity index (χ1n) is 6.65. The van der Waals surface area contributed by atoms with E-state index in [1.54, 1.807) is 6.20 Å². The van der Waals surface area contributed by atoms with Crippen molar-refractivity contribution in [3.63, 3.8) is 0 Å². The fourth-order valence-corrected chi connectivity index (χ4v) is 1.83. The summed E-state index contributed by atoms with van der Waals surface area (Å²) in [7, 11) is 0. The number of amides is 1. The maximum atomic E-state index is 12.0. The molecule has 4 nitrogen and oxygen atoms in total. The van der Waals surface area contributed by atoms with Gasteiger partial charge in [-0.3, -0.25) is 9.78 Å². The van der Waals surface area contributed by atoms with Gasteiger partial charge < -0.3 is 10.2 Å². The predicted molar refractivity (Wildman–Crippen MR) is 73.1 cm³/mol. The number of nitrogens with zero attached hydrogens (tertiary/aromatic N) is 2. The third-order valence-corrected chi connectivity index (χ3v) is 2.67. The lowest BCUT2D eigenvalue weighted by molar-refractivity contribution is -0.130. The van der Waals surface area contributed by atoms with Crippen molar-refractivity contribution >= 4 is 5.91 Å². The maximum Gasteiger partial charge on any atom is 0.236 e. The van der Waals surface area contributed by atoms with E-state index in [9.17, 15) is 4.79 Å². The number of rotatable bonds is 8. The summed E-state index contributed by atoms with van der Waals surface area (Å²) < 4.78 is 0. The fourth-order valence-electron chi connectivity index (χ4n) is 1.83. The molecule has 0 aliphatic rings. The van der Waals surface area contributed by atoms with Crippen molar-refractivity contribution in [2.45, 2.75) is 33.2 Å². The summed E-state index contributed by atoms with van der Waals surface area (Å²) in [5.74, 6) is 0.183. The number of hydrogen-bond donors (Lipinski definition) is 1. The minimum absolute atomic E-state index is 0.183. The lowest BCUT2D eigenvalue weighted by atomic mass is 10.3. The highest BCUT2D eigenvalue weighted by atomic mass is 16.2. The third-order valence-electron chi connectivity index (χ3n) is 2.67. The van der Waals surface area contributed by atoms with Gasteiger partial charge >= 0.3 is 0 Å². The second-order valence-corrected chi connectivity index (χ2v) is 4.35. The van der Waals surface area contributed by atoms with Crippen LogP contribution in [0.5, 0.6) is 0 Å². The van der Waals surface area contributed by atoms with Gasteiger partial charge in [-0.15, -0.1) is 0 Å². The Morgan fingerprint density at radius 1 is 1.33 bits per heavy atom. The van der Waals surface area contributed by atoms with Crippen LogP contribution in [-0.4, -0.2) is 35.4 Å². The van der Waals surface area contributed by atoms with E-state index in [2.05, 4.69) is 24.1 Å². The van der Waals surface area contributed by atoms with Crippen molar-refractivity contribution in [2.24, 2.45) is 0 Å². The Morgan fingerprint density at radius 2 is 2.06 bits per heavy atom. The van der Waals surface area contributed by atoms with Crippen LogP contribution in [-0.2, 0) is 11.3 Å². The van der Waals surface area contributed by atoms with Gasteiger partial charge in [0, 0.05) is 32.0 Å². The van der Waals surface area contributed by atoms with Gasteiger partial charge in [-0.2, -0.15) is 0 Å². The molecule has 0 aromatic carbocycles. The van der Waals surface area contributed by atoms with Crippen LogP contribution in [0.1, 0.15) is 32.3 Å². The van der Waals surface area contributed by atoms with Gasteiger partial charge in [0.1, 0.15) is 0 Å². The second kappa shape index (κ2) is 8.64. The Morgan fingerprint density at radius 3 is 2.61 bits per heavy atom. The van der Waals surface area contributed by atoms with Crippen LogP contribution in [0.15, 0.2) is 24.5 Å². The molecule has 100 valence electrons. The fraction of sp³-hybridized carbons (Fsp3) is 0.571. The van der Waals surface area contributed by atoms with E-state index in [1.807, 2.05) is 23.2 Å². The van der Waals surface area contributed by atoms with Crippen LogP contribution in [0.4, 0.5) is 0 Å². The average molecular weight is 249 g/mol. The van der Waals surface area contributed by atoms with E-state index in [4.69, 9.17) is 0 Å². The topological polar surface area (TPSA) is 45.2 Å². The number of nitrogens with one attached hydrogen (secondary N) is 1. The van der Waals surface area contributed by atoms with Gasteiger partial charge in [-0.25, -0.2) is 0 Å². The summed E-state index contributed by atoms with van der Waals surface area (Å²) in [5.41, 5.74) is 1.10. The lowest BCUT2D eigenvalue weighted by Crippen LogP contribution is -2.38. The lowest BCUT2D eigenvalue weighted by Gasteiger charge is -2.21. The molecule has 0 aliphatic carbocycles. The van der Waals surface area contributed by atoms with Crippen LogP contribution in [0.3, 0.4) is 0 Å². The summed E-state index contributed by atoms with van der Waals surface area (Å²) in [6.45, 7) is 6.97. The van der Waals surface area contributed by atoms with Crippen LogP contribution in [0.25, 0.3) is 0 Å². The number of carbonyl (C=O) groups excluding carboxylic acids is 1. The van der Waals surface area contributed by atoms with E-state index in [0.717, 1.165) is 31.5 Å². The van der Waals surface area contributed by atoms with Crippen LogP contribution < -0.4 is 5.32 Å². The summed E-state index contributed by atoms with van der Waals surface area (Å²) in [6, 6.07) is 3.90. The zero-order valence-electron chi connectivity index (χ0n) is 11.4. The molecule has 0 aliphatic heterocycles. The molecular formula is C14H23N3O. The van der Waals surface area contributed by atoms with Crippen LogP contribution in [0, 0.1) is 0 Å². The Bertz CT molecular complexity index is 334. The highest BCUT2D eigenvalue weighted by Gasteiger charge is 2.10. The molecule has 0 unspecified atom stereocenters. The standard InChI is InChI=1S/C14H23N3O/c1-3-8-17(9-4-2)14(18)12-16-11-13-6-5-7-15-10-13/h5-7,10,16H,3-4,8-9,11-12H2,1-2H3. The van der Waals surface area contributed by atoms with Crippen LogP contribution >= 0.6 is 0 Å². The van der Waals surface area contributed by atoms with Crippen molar-refractivity contribution in [1.82, 2.24) is 15.2 Å². The molecule has 4 heteroatoms. The molecule has 1 rings (SSSR count). The van der Waals surface area contributed by atoms with E-state index in [-0.39, 0.29) is 5.91 Å². The molecule has 1 aromatic rings. The molecule has 18 heavy (non-hydrogen) atoms. The SMILES string of the molecule is CCCN(CCC)C(=O)CNCc1cccnc1. The molecule has 0 fully saturated rings. The van der Waals surface area contributed by atoms with Crippen LogP contribution in [0.2, 0.25) is 0 Å². The highest BCUT2D eigenvalue weighted by molar-refractivity contribution is 5.78. The predicted octanol–water partition coefficient (Wildman–Crippen LogP) is 1.82. The first-order valence-corrected chi connectivity index (χ1v) is 6.65. The molecule has 1 heterocycles. The molecule has 0 saturated heterocycles. The number of carbonyl (C=O) groups is 1. The Kier molecular flexibility index (Phi) is 7.03. The number of hydrogen-bond acceptors (Lipinski definition) is 3. The Balaban J connectivity index is 2.30. The van der Waals surface area contributed by atoms with Gasteiger partial charge in [0.05, 0.1) is 6.54 Å². The zero-order valence-corrected chi connectivity index (χ0v) is 11.4. The molecule has 0 bridgehead atoms. The van der Waals surface area contributed by atoms with Crippen molar-refractivity contribution in [3.05, 3.63) is 30.1 Å². The number of pyridine rings is 1. The van der Waals surface area contributed by atoms with Gasteiger partial charge in [-0.05, 0) is 24.5 Å².